The third-order valence-corrected chi connectivity index (χ3v) is 5.62. The number of hydrogen-bond acceptors (Lipinski definition) is 1. The van der Waals surface area contributed by atoms with Crippen LogP contribution in [0.2, 0.25) is 0 Å². The summed E-state index contributed by atoms with van der Waals surface area (Å²) < 4.78 is 0. The number of fused-ring (bicyclic) bond motifs is 2. The molecule has 0 radical (unpaired) electrons. The summed E-state index contributed by atoms with van der Waals surface area (Å²) in [4.78, 5) is 11.9. The van der Waals surface area contributed by atoms with Crippen molar-refractivity contribution < 1.29 is 9.90 Å². The monoisotopic (exact) mass is 330 g/mol. The largest absolute Gasteiger partial charge is 0.478 e. The van der Waals surface area contributed by atoms with E-state index in [2.05, 4.69) is 18.2 Å². The van der Waals surface area contributed by atoms with E-state index in [4.69, 9.17) is 0 Å². The number of carboxylic acid groups (broad SMARTS) is 1. The van der Waals surface area contributed by atoms with E-state index < -0.39 is 5.97 Å². The van der Waals surface area contributed by atoms with Crippen LogP contribution in [0.5, 0.6) is 0 Å². The minimum Gasteiger partial charge on any atom is -0.478 e. The van der Waals surface area contributed by atoms with E-state index >= 15 is 0 Å². The average molecular weight is 330 g/mol. The van der Waals surface area contributed by atoms with Crippen molar-refractivity contribution >= 4 is 12.0 Å². The zero-order valence-electron chi connectivity index (χ0n) is 14.2. The average Bonchev–Trinajstić information content (AvgIpc) is 3.23. The molecule has 0 aromatic heterocycles. The van der Waals surface area contributed by atoms with Gasteiger partial charge in [0.25, 0.3) is 0 Å². The molecular weight excluding hydrogens is 308 g/mol. The highest BCUT2D eigenvalue weighted by atomic mass is 16.4. The molecule has 4 rings (SSSR count). The molecule has 2 nitrogen and oxygen atoms in total. The smallest absolute Gasteiger partial charge is 0.336 e. The lowest BCUT2D eigenvalue weighted by Crippen LogP contribution is -2.09. The Hall–Kier alpha value is -2.61. The number of carbonyl (C=O) groups is 1. The van der Waals surface area contributed by atoms with Gasteiger partial charge in [0, 0.05) is 0 Å². The SMILES string of the molecule is O=C(O)c1c(C=CCC23C=CC(CC2)C3)cccc1-c1ccccc1. The molecule has 126 valence electrons. The van der Waals surface area contributed by atoms with E-state index in [1.807, 2.05) is 54.6 Å². The Morgan fingerprint density at radius 1 is 1.16 bits per heavy atom. The number of aromatic carboxylic acids is 1. The van der Waals surface area contributed by atoms with Crippen LogP contribution in [0.25, 0.3) is 17.2 Å². The fourth-order valence-corrected chi connectivity index (χ4v) is 4.34. The molecule has 0 spiro atoms. The predicted octanol–water partition coefficient (Wildman–Crippen LogP) is 5.81. The fraction of sp³-hybridized carbons (Fsp3) is 0.261. The highest BCUT2D eigenvalue weighted by molar-refractivity contribution is 5.99. The summed E-state index contributed by atoms with van der Waals surface area (Å²) in [5.74, 6) is -0.108. The second-order valence-electron chi connectivity index (χ2n) is 7.27. The van der Waals surface area contributed by atoms with Crippen LogP contribution < -0.4 is 0 Å². The van der Waals surface area contributed by atoms with Crippen LogP contribution in [0.1, 0.15) is 41.6 Å². The van der Waals surface area contributed by atoms with Crippen LogP contribution in [0.15, 0.2) is 66.8 Å². The van der Waals surface area contributed by atoms with Crippen molar-refractivity contribution in [2.45, 2.75) is 25.7 Å². The van der Waals surface area contributed by atoms with Gasteiger partial charge in [0.15, 0.2) is 0 Å². The lowest BCUT2D eigenvalue weighted by Gasteiger charge is -2.21. The van der Waals surface area contributed by atoms with Gasteiger partial charge in [0.1, 0.15) is 0 Å². The van der Waals surface area contributed by atoms with Crippen molar-refractivity contribution in [3.05, 3.63) is 77.9 Å². The lowest BCUT2D eigenvalue weighted by atomic mass is 9.84. The van der Waals surface area contributed by atoms with E-state index in [1.165, 1.54) is 19.3 Å². The first-order chi connectivity index (χ1) is 12.2. The molecule has 25 heavy (non-hydrogen) atoms. The van der Waals surface area contributed by atoms with Crippen molar-refractivity contribution in [3.63, 3.8) is 0 Å². The van der Waals surface area contributed by atoms with Crippen LogP contribution >= 0.6 is 0 Å². The maximum atomic E-state index is 11.9. The number of allylic oxidation sites excluding steroid dienone is 3. The first-order valence-corrected chi connectivity index (χ1v) is 8.95. The molecule has 2 atom stereocenters. The summed E-state index contributed by atoms with van der Waals surface area (Å²) in [7, 11) is 0. The summed E-state index contributed by atoms with van der Waals surface area (Å²) in [5.41, 5.74) is 3.19. The molecule has 2 aliphatic carbocycles. The molecule has 0 heterocycles. The summed E-state index contributed by atoms with van der Waals surface area (Å²) in [6.45, 7) is 0. The van der Waals surface area contributed by atoms with E-state index in [1.54, 1.807) is 0 Å². The Labute approximate surface area is 148 Å². The Balaban J connectivity index is 1.64. The van der Waals surface area contributed by atoms with Gasteiger partial charge >= 0.3 is 5.97 Å². The minimum atomic E-state index is -0.876. The summed E-state index contributed by atoms with van der Waals surface area (Å²) >= 11 is 0. The van der Waals surface area contributed by atoms with Crippen molar-refractivity contribution in [2.75, 3.05) is 0 Å². The van der Waals surface area contributed by atoms with Gasteiger partial charge in [-0.25, -0.2) is 4.79 Å². The molecule has 1 saturated carbocycles. The lowest BCUT2D eigenvalue weighted by molar-refractivity contribution is 0.0697. The third-order valence-electron chi connectivity index (χ3n) is 5.62. The summed E-state index contributed by atoms with van der Waals surface area (Å²) in [5, 5.41) is 9.78. The summed E-state index contributed by atoms with van der Waals surface area (Å²) in [6, 6.07) is 15.4. The Bertz CT molecular complexity index is 848. The van der Waals surface area contributed by atoms with Gasteiger partial charge in [-0.05, 0) is 53.7 Å². The Kier molecular flexibility index (Phi) is 4.04. The molecule has 2 bridgehead atoms. The van der Waals surface area contributed by atoms with Crippen molar-refractivity contribution in [3.8, 4) is 11.1 Å². The zero-order valence-corrected chi connectivity index (χ0v) is 14.2. The molecule has 2 aliphatic rings. The summed E-state index contributed by atoms with van der Waals surface area (Å²) in [6.07, 6.45) is 13.7. The van der Waals surface area contributed by atoms with Crippen molar-refractivity contribution in [1.29, 1.82) is 0 Å². The number of hydrogen-bond donors (Lipinski definition) is 1. The molecule has 0 amide bonds. The first kappa shape index (κ1) is 15.9. The topological polar surface area (TPSA) is 37.3 Å². The molecule has 0 aliphatic heterocycles. The van der Waals surface area contributed by atoms with Crippen LogP contribution in [0.3, 0.4) is 0 Å². The predicted molar refractivity (Wildman–Crippen MR) is 101 cm³/mol. The molecule has 2 aromatic carbocycles. The normalized spacial score (nSPS) is 24.2. The second-order valence-corrected chi connectivity index (χ2v) is 7.27. The molecular formula is C23H22O2. The van der Waals surface area contributed by atoms with Gasteiger partial charge in [0.2, 0.25) is 0 Å². The maximum absolute atomic E-state index is 11.9. The third kappa shape index (κ3) is 3.05. The van der Waals surface area contributed by atoms with Crippen molar-refractivity contribution in [1.82, 2.24) is 0 Å². The van der Waals surface area contributed by atoms with Gasteiger partial charge < -0.3 is 5.11 Å². The van der Waals surface area contributed by atoms with Gasteiger partial charge in [-0.15, -0.1) is 0 Å². The highest BCUT2D eigenvalue weighted by Gasteiger charge is 2.39. The number of carboxylic acids is 1. The van der Waals surface area contributed by atoms with Gasteiger partial charge in [-0.1, -0.05) is 72.8 Å². The fourth-order valence-electron chi connectivity index (χ4n) is 4.34. The van der Waals surface area contributed by atoms with Crippen LogP contribution in [-0.2, 0) is 0 Å². The molecule has 2 aromatic rings. The molecule has 1 fully saturated rings. The van der Waals surface area contributed by atoms with Crippen LogP contribution in [0.4, 0.5) is 0 Å². The van der Waals surface area contributed by atoms with Crippen molar-refractivity contribution in [2.24, 2.45) is 11.3 Å². The van der Waals surface area contributed by atoms with E-state index in [0.717, 1.165) is 29.0 Å². The number of benzene rings is 2. The molecule has 2 heteroatoms. The highest BCUT2D eigenvalue weighted by Crippen LogP contribution is 2.51. The van der Waals surface area contributed by atoms with Crippen LogP contribution in [-0.4, -0.2) is 11.1 Å². The van der Waals surface area contributed by atoms with E-state index in [9.17, 15) is 9.90 Å². The molecule has 1 N–H and O–H groups in total. The standard InChI is InChI=1S/C23H22O2/c24-22(25)21-19(8-4-10-20(21)18-6-2-1-3-7-18)9-5-13-23-14-11-17(16-23)12-15-23/h1-11,14,17H,12-13,15-16H2,(H,24,25). The van der Waals surface area contributed by atoms with Gasteiger partial charge in [0.05, 0.1) is 5.56 Å². The van der Waals surface area contributed by atoms with Gasteiger partial charge in [-0.3, -0.25) is 0 Å². The molecule has 2 unspecified atom stereocenters. The minimum absolute atomic E-state index is 0.321. The Morgan fingerprint density at radius 2 is 2.00 bits per heavy atom. The maximum Gasteiger partial charge on any atom is 0.336 e. The van der Waals surface area contributed by atoms with E-state index in [0.29, 0.717) is 11.0 Å². The van der Waals surface area contributed by atoms with E-state index in [-0.39, 0.29) is 0 Å². The van der Waals surface area contributed by atoms with Gasteiger partial charge in [-0.2, -0.15) is 0 Å². The first-order valence-electron chi connectivity index (χ1n) is 8.95. The Morgan fingerprint density at radius 3 is 2.64 bits per heavy atom. The zero-order chi connectivity index (χ0) is 17.3. The molecule has 0 saturated heterocycles. The quantitative estimate of drug-likeness (QED) is 0.702. The second kappa shape index (κ2) is 6.36. The number of rotatable bonds is 5. The van der Waals surface area contributed by atoms with Crippen LogP contribution in [0, 0.1) is 11.3 Å².